The Hall–Kier alpha value is -2.11. The van der Waals surface area contributed by atoms with Gasteiger partial charge in [-0.05, 0) is 70.6 Å². The maximum Gasteiger partial charge on any atom is 0.306 e. The molecule has 0 amide bonds. The van der Waals surface area contributed by atoms with Crippen molar-refractivity contribution in [1.82, 2.24) is 0 Å². The van der Waals surface area contributed by atoms with Gasteiger partial charge in [0, 0.05) is 19.3 Å². The van der Waals surface area contributed by atoms with Crippen LogP contribution in [0.5, 0.6) is 0 Å². The van der Waals surface area contributed by atoms with Gasteiger partial charge in [0.15, 0.2) is 6.10 Å². The fraction of sp³-hybridized carbons (Fsp3) is 0.897. The van der Waals surface area contributed by atoms with Gasteiger partial charge in [-0.1, -0.05) is 308 Å². The van der Waals surface area contributed by atoms with Gasteiger partial charge in [-0.15, -0.1) is 0 Å². The van der Waals surface area contributed by atoms with Crippen molar-refractivity contribution in [3.63, 3.8) is 0 Å². The van der Waals surface area contributed by atoms with Gasteiger partial charge >= 0.3 is 17.9 Å². The lowest BCUT2D eigenvalue weighted by Gasteiger charge is -2.18. The van der Waals surface area contributed by atoms with Crippen LogP contribution in [0.2, 0.25) is 0 Å². The predicted molar refractivity (Wildman–Crippen MR) is 321 cm³/mol. The van der Waals surface area contributed by atoms with Crippen LogP contribution in [-0.2, 0) is 28.6 Å². The summed E-state index contributed by atoms with van der Waals surface area (Å²) in [5.41, 5.74) is 0. The van der Waals surface area contributed by atoms with Gasteiger partial charge in [-0.25, -0.2) is 0 Å². The zero-order valence-electron chi connectivity index (χ0n) is 50.1. The number of ether oxygens (including phenoxy) is 3. The molecule has 74 heavy (non-hydrogen) atoms. The lowest BCUT2D eigenvalue weighted by Crippen LogP contribution is -2.30. The summed E-state index contributed by atoms with van der Waals surface area (Å²) >= 11 is 0. The van der Waals surface area contributed by atoms with Crippen LogP contribution < -0.4 is 0 Å². The molecule has 436 valence electrons. The van der Waals surface area contributed by atoms with E-state index in [9.17, 15) is 14.4 Å². The molecular formula is C68H128O6. The maximum atomic E-state index is 12.9. The summed E-state index contributed by atoms with van der Waals surface area (Å²) in [7, 11) is 0. The second kappa shape index (κ2) is 63.4. The lowest BCUT2D eigenvalue weighted by atomic mass is 10.0. The molecule has 0 saturated carbocycles. The number of hydrogen-bond donors (Lipinski definition) is 0. The summed E-state index contributed by atoms with van der Waals surface area (Å²) in [5.74, 6) is -0.865. The average molecular weight is 1040 g/mol. The number of rotatable bonds is 62. The molecule has 0 aliphatic carbocycles. The third-order valence-electron chi connectivity index (χ3n) is 15.2. The quantitative estimate of drug-likeness (QED) is 0.0261. The highest BCUT2D eigenvalue weighted by Crippen LogP contribution is 2.18. The second-order valence-corrected chi connectivity index (χ2v) is 22.7. The Kier molecular flexibility index (Phi) is 61.6. The highest BCUT2D eigenvalue weighted by Gasteiger charge is 2.19. The SMILES string of the molecule is CCCCCC/C=C\CCCCCCCC(=O)OCC(COC(=O)CCCCCCCCCCCCCCCCCCCCCCCCCCCCC)OC(=O)CCCCCCC/C=C\CCCCCCCCC. The van der Waals surface area contributed by atoms with E-state index in [1.807, 2.05) is 0 Å². The van der Waals surface area contributed by atoms with E-state index in [4.69, 9.17) is 14.2 Å². The highest BCUT2D eigenvalue weighted by atomic mass is 16.6. The van der Waals surface area contributed by atoms with E-state index in [-0.39, 0.29) is 31.1 Å². The normalized spacial score (nSPS) is 12.1. The third-order valence-corrected chi connectivity index (χ3v) is 15.2. The summed E-state index contributed by atoms with van der Waals surface area (Å²) < 4.78 is 16.9. The molecule has 6 nitrogen and oxygen atoms in total. The standard InChI is InChI=1S/C68H128O6/c1-4-7-10-13-16-19-22-25-27-29-30-31-32-33-34-35-36-37-38-39-41-43-46-49-52-55-58-61-67(70)73-64-65(63-72-66(69)60-57-54-51-48-45-42-24-21-18-15-12-9-6-3)74-68(71)62-59-56-53-50-47-44-40-28-26-23-20-17-14-11-8-5-2/h21,24,28,40,65H,4-20,22-23,25-27,29-39,41-64H2,1-3H3/b24-21-,40-28-. The molecule has 0 rings (SSSR count). The molecule has 0 aromatic rings. The molecule has 0 fully saturated rings. The van der Waals surface area contributed by atoms with Crippen molar-refractivity contribution in [3.05, 3.63) is 24.3 Å². The Morgan fingerprint density at radius 3 is 0.689 bits per heavy atom. The summed E-state index contributed by atoms with van der Waals surface area (Å²) in [6.07, 6.45) is 76.3. The third kappa shape index (κ3) is 60.8. The summed E-state index contributed by atoms with van der Waals surface area (Å²) in [4.78, 5) is 38.3. The number of esters is 3. The van der Waals surface area contributed by atoms with E-state index in [0.29, 0.717) is 19.3 Å². The minimum Gasteiger partial charge on any atom is -0.462 e. The topological polar surface area (TPSA) is 78.9 Å². The van der Waals surface area contributed by atoms with Crippen molar-refractivity contribution < 1.29 is 28.6 Å². The van der Waals surface area contributed by atoms with Crippen LogP contribution in [0.3, 0.4) is 0 Å². The molecule has 1 unspecified atom stereocenters. The summed E-state index contributed by atoms with van der Waals surface area (Å²) in [5, 5.41) is 0. The highest BCUT2D eigenvalue weighted by molar-refractivity contribution is 5.71. The first kappa shape index (κ1) is 71.9. The van der Waals surface area contributed by atoms with Crippen molar-refractivity contribution in [2.75, 3.05) is 13.2 Å². The van der Waals surface area contributed by atoms with E-state index in [0.717, 1.165) is 70.6 Å². The number of carbonyl (C=O) groups excluding carboxylic acids is 3. The van der Waals surface area contributed by atoms with E-state index in [1.165, 1.54) is 263 Å². The molecule has 0 aromatic heterocycles. The van der Waals surface area contributed by atoms with Crippen LogP contribution >= 0.6 is 0 Å². The van der Waals surface area contributed by atoms with Crippen molar-refractivity contribution in [1.29, 1.82) is 0 Å². The molecule has 0 radical (unpaired) electrons. The van der Waals surface area contributed by atoms with Gasteiger partial charge in [0.1, 0.15) is 13.2 Å². The molecule has 6 heteroatoms. The maximum absolute atomic E-state index is 12.9. The molecule has 0 aromatic carbocycles. The average Bonchev–Trinajstić information content (AvgIpc) is 3.40. The molecule has 0 saturated heterocycles. The van der Waals surface area contributed by atoms with E-state index in [2.05, 4.69) is 45.1 Å². The first-order valence-corrected chi connectivity index (χ1v) is 33.3. The Morgan fingerprint density at radius 1 is 0.257 bits per heavy atom. The molecule has 1 atom stereocenters. The summed E-state index contributed by atoms with van der Waals surface area (Å²) in [6.45, 7) is 6.67. The summed E-state index contributed by atoms with van der Waals surface area (Å²) in [6, 6.07) is 0. The minimum absolute atomic E-state index is 0.0724. The number of unbranched alkanes of at least 4 members (excludes halogenated alkanes) is 47. The molecule has 0 heterocycles. The minimum atomic E-state index is -0.776. The second-order valence-electron chi connectivity index (χ2n) is 22.7. The zero-order valence-corrected chi connectivity index (χ0v) is 50.1. The van der Waals surface area contributed by atoms with Crippen molar-refractivity contribution in [2.24, 2.45) is 0 Å². The monoisotopic (exact) mass is 1040 g/mol. The van der Waals surface area contributed by atoms with Crippen LogP contribution in [0.4, 0.5) is 0 Å². The predicted octanol–water partition coefficient (Wildman–Crippen LogP) is 22.6. The molecule has 0 spiro atoms. The van der Waals surface area contributed by atoms with E-state index < -0.39 is 6.10 Å². The smallest absolute Gasteiger partial charge is 0.306 e. The lowest BCUT2D eigenvalue weighted by molar-refractivity contribution is -0.167. The fourth-order valence-corrected chi connectivity index (χ4v) is 10.1. The Morgan fingerprint density at radius 2 is 0.446 bits per heavy atom. The number of allylic oxidation sites excluding steroid dienone is 4. The first-order chi connectivity index (χ1) is 36.5. The van der Waals surface area contributed by atoms with Gasteiger partial charge in [0.05, 0.1) is 0 Å². The molecule has 0 aliphatic rings. The van der Waals surface area contributed by atoms with Gasteiger partial charge < -0.3 is 14.2 Å². The van der Waals surface area contributed by atoms with Crippen LogP contribution in [0.15, 0.2) is 24.3 Å². The van der Waals surface area contributed by atoms with Crippen LogP contribution in [0.1, 0.15) is 374 Å². The first-order valence-electron chi connectivity index (χ1n) is 33.3. The van der Waals surface area contributed by atoms with E-state index >= 15 is 0 Å². The van der Waals surface area contributed by atoms with Crippen molar-refractivity contribution >= 4 is 17.9 Å². The van der Waals surface area contributed by atoms with Gasteiger partial charge in [0.25, 0.3) is 0 Å². The number of carbonyl (C=O) groups is 3. The van der Waals surface area contributed by atoms with Gasteiger partial charge in [-0.3, -0.25) is 14.4 Å². The molecule has 0 bridgehead atoms. The largest absolute Gasteiger partial charge is 0.462 e. The Bertz CT molecular complexity index is 1190. The molecule has 0 N–H and O–H groups in total. The molecule has 0 aliphatic heterocycles. The van der Waals surface area contributed by atoms with Crippen molar-refractivity contribution in [2.45, 2.75) is 380 Å². The van der Waals surface area contributed by atoms with Gasteiger partial charge in [0.2, 0.25) is 0 Å². The van der Waals surface area contributed by atoms with E-state index in [1.54, 1.807) is 0 Å². The van der Waals surface area contributed by atoms with Crippen molar-refractivity contribution in [3.8, 4) is 0 Å². The fourth-order valence-electron chi connectivity index (χ4n) is 10.1. The number of hydrogen-bond acceptors (Lipinski definition) is 6. The zero-order chi connectivity index (χ0) is 53.6. The van der Waals surface area contributed by atoms with Gasteiger partial charge in [-0.2, -0.15) is 0 Å². The Labute approximate surface area is 462 Å². The Balaban J connectivity index is 4.18. The molecular weight excluding hydrogens is 913 g/mol. The van der Waals surface area contributed by atoms with Crippen LogP contribution in [0.25, 0.3) is 0 Å². The van der Waals surface area contributed by atoms with Crippen LogP contribution in [-0.4, -0.2) is 37.2 Å². The van der Waals surface area contributed by atoms with Crippen LogP contribution in [0, 0.1) is 0 Å².